The summed E-state index contributed by atoms with van der Waals surface area (Å²) in [5.41, 5.74) is 0.488. The van der Waals surface area contributed by atoms with Crippen LogP contribution in [0, 0.1) is 0 Å². The van der Waals surface area contributed by atoms with Gasteiger partial charge in [0.2, 0.25) is 0 Å². The highest BCUT2D eigenvalue weighted by molar-refractivity contribution is 7.42. The number of rotatable bonds is 4. The molecule has 0 radical (unpaired) electrons. The summed E-state index contributed by atoms with van der Waals surface area (Å²) in [6.45, 7) is 7.96. The summed E-state index contributed by atoms with van der Waals surface area (Å²) in [5.74, 6) is -0.110. The van der Waals surface area contributed by atoms with Crippen molar-refractivity contribution in [2.75, 3.05) is 13.2 Å². The maximum Gasteiger partial charge on any atom is 0.333 e. The molecule has 74 valence electrons. The number of hydrogen-bond donors (Lipinski definition) is 0. The van der Waals surface area contributed by atoms with Crippen LogP contribution < -0.4 is 0 Å². The molecule has 4 nitrogen and oxygen atoms in total. The minimum Gasteiger partial charge on any atom is -0.310 e. The average Bonchev–Trinajstić information content (AvgIpc) is 2.55. The van der Waals surface area contributed by atoms with Crippen LogP contribution in [0.15, 0.2) is 12.2 Å². The van der Waals surface area contributed by atoms with Crippen molar-refractivity contribution >= 4 is 14.4 Å². The van der Waals surface area contributed by atoms with E-state index in [2.05, 4.69) is 6.58 Å². The van der Waals surface area contributed by atoms with Crippen molar-refractivity contribution in [3.63, 3.8) is 0 Å². The molecule has 0 spiro atoms. The molecular weight excluding hydrogens is 191 g/mol. The monoisotopic (exact) mass is 204 g/mol. The summed E-state index contributed by atoms with van der Waals surface area (Å²) in [6, 6.07) is 0. The van der Waals surface area contributed by atoms with E-state index in [9.17, 15) is 4.79 Å². The van der Waals surface area contributed by atoms with Gasteiger partial charge in [-0.2, -0.15) is 0 Å². The predicted octanol–water partition coefficient (Wildman–Crippen LogP) is 1.81. The molecule has 1 saturated heterocycles. The van der Waals surface area contributed by atoms with Crippen LogP contribution in [-0.2, 0) is 18.4 Å². The predicted molar refractivity (Wildman–Crippen MR) is 49.2 cm³/mol. The molecule has 1 rings (SSSR count). The lowest BCUT2D eigenvalue weighted by molar-refractivity contribution is -0.121. The zero-order chi connectivity index (χ0) is 9.84. The van der Waals surface area contributed by atoms with Crippen molar-refractivity contribution in [1.82, 2.24) is 0 Å². The van der Waals surface area contributed by atoms with Crippen LogP contribution in [-0.4, -0.2) is 25.1 Å². The van der Waals surface area contributed by atoms with E-state index in [1.54, 1.807) is 13.8 Å². The Bertz CT molecular complexity index is 210. The van der Waals surface area contributed by atoms with Crippen molar-refractivity contribution in [2.45, 2.75) is 20.0 Å². The summed E-state index contributed by atoms with van der Waals surface area (Å²) in [6.07, 6.45) is -0.526. The average molecular weight is 204 g/mol. The molecule has 1 atom stereocenters. The van der Waals surface area contributed by atoms with Gasteiger partial charge in [0, 0.05) is 0 Å². The second kappa shape index (κ2) is 4.82. The van der Waals surface area contributed by atoms with E-state index in [-0.39, 0.29) is 5.78 Å². The van der Waals surface area contributed by atoms with E-state index in [1.807, 2.05) is 0 Å². The van der Waals surface area contributed by atoms with Crippen LogP contribution in [0.2, 0.25) is 0 Å². The lowest BCUT2D eigenvalue weighted by Gasteiger charge is -2.13. The normalized spacial score (nSPS) is 20.2. The number of carbonyl (C=O) groups excluding carboxylic acids is 1. The second-order valence-electron chi connectivity index (χ2n) is 2.78. The molecule has 5 heteroatoms. The Hall–Kier alpha value is -0.280. The number of ketones is 1. The minimum absolute atomic E-state index is 0.110. The first kappa shape index (κ1) is 10.8. The zero-order valence-corrected chi connectivity index (χ0v) is 8.67. The fourth-order valence-corrected chi connectivity index (χ4v) is 1.84. The van der Waals surface area contributed by atoms with Gasteiger partial charge in [-0.25, -0.2) is 0 Å². The lowest BCUT2D eigenvalue weighted by atomic mass is 10.1. The van der Waals surface area contributed by atoms with Gasteiger partial charge in [-0.1, -0.05) is 6.58 Å². The fourth-order valence-electron chi connectivity index (χ4n) is 0.846. The van der Waals surface area contributed by atoms with Crippen molar-refractivity contribution < 1.29 is 18.4 Å². The van der Waals surface area contributed by atoms with Crippen LogP contribution >= 0.6 is 8.60 Å². The van der Waals surface area contributed by atoms with Gasteiger partial charge < -0.3 is 13.6 Å². The minimum atomic E-state index is -1.30. The van der Waals surface area contributed by atoms with Gasteiger partial charge in [0.05, 0.1) is 13.2 Å². The molecule has 0 aromatic carbocycles. The third kappa shape index (κ3) is 3.16. The zero-order valence-electron chi connectivity index (χ0n) is 7.78. The van der Waals surface area contributed by atoms with Crippen LogP contribution in [0.25, 0.3) is 0 Å². The van der Waals surface area contributed by atoms with Gasteiger partial charge in [-0.15, -0.1) is 0 Å². The maximum absolute atomic E-state index is 11.3. The largest absolute Gasteiger partial charge is 0.333 e. The first-order valence-corrected chi connectivity index (χ1v) is 5.13. The molecule has 0 aromatic rings. The van der Waals surface area contributed by atoms with E-state index in [1.165, 1.54) is 0 Å². The quantitative estimate of drug-likeness (QED) is 0.517. The van der Waals surface area contributed by atoms with Gasteiger partial charge >= 0.3 is 8.60 Å². The summed E-state index contributed by atoms with van der Waals surface area (Å²) < 4.78 is 15.4. The van der Waals surface area contributed by atoms with Crippen LogP contribution in [0.1, 0.15) is 13.8 Å². The summed E-state index contributed by atoms with van der Waals surface area (Å²) in [4.78, 5) is 11.3. The summed E-state index contributed by atoms with van der Waals surface area (Å²) in [7, 11) is -1.30. The smallest absolute Gasteiger partial charge is 0.310 e. The highest BCUT2D eigenvalue weighted by atomic mass is 31.2. The molecule has 0 amide bonds. The maximum atomic E-state index is 11.3. The number of hydrogen-bond acceptors (Lipinski definition) is 4. The summed E-state index contributed by atoms with van der Waals surface area (Å²) in [5, 5.41) is 0. The molecule has 1 heterocycles. The molecule has 0 aliphatic carbocycles. The topological polar surface area (TPSA) is 44.8 Å². The van der Waals surface area contributed by atoms with Crippen LogP contribution in [0.4, 0.5) is 0 Å². The van der Waals surface area contributed by atoms with Gasteiger partial charge in [-0.3, -0.25) is 4.79 Å². The van der Waals surface area contributed by atoms with Gasteiger partial charge in [0.1, 0.15) is 6.10 Å². The van der Waals surface area contributed by atoms with Crippen molar-refractivity contribution in [2.24, 2.45) is 0 Å². The Labute approximate surface area is 78.9 Å². The van der Waals surface area contributed by atoms with Gasteiger partial charge in [0.15, 0.2) is 5.78 Å². The van der Waals surface area contributed by atoms with E-state index in [0.29, 0.717) is 18.8 Å². The Kier molecular flexibility index (Phi) is 4.00. The van der Waals surface area contributed by atoms with Gasteiger partial charge in [0.25, 0.3) is 0 Å². The first-order chi connectivity index (χ1) is 6.11. The molecule has 1 aliphatic heterocycles. The standard InChI is InChI=1S/C8H13O4P/c1-6(2)8(9)7(3)12-13-10-4-5-11-13/h7H,1,4-5H2,2-3H3. The summed E-state index contributed by atoms with van der Waals surface area (Å²) >= 11 is 0. The van der Waals surface area contributed by atoms with Gasteiger partial charge in [-0.05, 0) is 19.4 Å². The number of Topliss-reactive ketones (excluding diaryl/α,β-unsaturated/α-hetero) is 1. The van der Waals surface area contributed by atoms with E-state index in [4.69, 9.17) is 13.6 Å². The van der Waals surface area contributed by atoms with E-state index in [0.717, 1.165) is 0 Å². The molecule has 1 unspecified atom stereocenters. The highest BCUT2D eigenvalue weighted by Gasteiger charge is 2.25. The first-order valence-electron chi connectivity index (χ1n) is 4.03. The van der Waals surface area contributed by atoms with Crippen LogP contribution in [0.3, 0.4) is 0 Å². The molecule has 0 N–H and O–H groups in total. The SMILES string of the molecule is C=C(C)C(=O)C(C)OP1OCCO1. The lowest BCUT2D eigenvalue weighted by Crippen LogP contribution is -2.19. The van der Waals surface area contributed by atoms with E-state index >= 15 is 0 Å². The second-order valence-corrected chi connectivity index (χ2v) is 3.96. The highest BCUT2D eigenvalue weighted by Crippen LogP contribution is 2.44. The molecule has 1 aliphatic rings. The Morgan fingerprint density at radius 2 is 2.08 bits per heavy atom. The van der Waals surface area contributed by atoms with Crippen molar-refractivity contribution in [3.8, 4) is 0 Å². The Morgan fingerprint density at radius 1 is 1.54 bits per heavy atom. The molecule has 0 aromatic heterocycles. The molecule has 0 bridgehead atoms. The molecule has 0 saturated carbocycles. The molecule has 13 heavy (non-hydrogen) atoms. The molecular formula is C8H13O4P. The van der Waals surface area contributed by atoms with Crippen LogP contribution in [0.5, 0.6) is 0 Å². The third-order valence-corrected chi connectivity index (χ3v) is 2.79. The van der Waals surface area contributed by atoms with Crippen molar-refractivity contribution in [3.05, 3.63) is 12.2 Å². The van der Waals surface area contributed by atoms with E-state index < -0.39 is 14.7 Å². The van der Waals surface area contributed by atoms with Crippen molar-refractivity contribution in [1.29, 1.82) is 0 Å². The third-order valence-electron chi connectivity index (χ3n) is 1.51. The Balaban J connectivity index is 2.35. The Morgan fingerprint density at radius 3 is 2.54 bits per heavy atom. The number of carbonyl (C=O) groups is 1. The fraction of sp³-hybridized carbons (Fsp3) is 0.625. The molecule has 1 fully saturated rings.